The van der Waals surface area contributed by atoms with Crippen LogP contribution in [0.1, 0.15) is 26.7 Å². The second-order valence-electron chi connectivity index (χ2n) is 8.78. The molecule has 36 heavy (non-hydrogen) atoms. The Morgan fingerprint density at radius 3 is 1.50 bits per heavy atom. The van der Waals surface area contributed by atoms with Crippen LogP contribution in [-0.2, 0) is 22.6 Å². The summed E-state index contributed by atoms with van der Waals surface area (Å²) in [5, 5.41) is 0. The van der Waals surface area contributed by atoms with Gasteiger partial charge in [-0.2, -0.15) is 0 Å². The summed E-state index contributed by atoms with van der Waals surface area (Å²) in [6, 6.07) is 22.5. The number of rotatable bonds is 12. The number of hydrogen-bond acceptors (Lipinski definition) is 5. The maximum absolute atomic E-state index is 5.80. The van der Waals surface area contributed by atoms with Gasteiger partial charge in [-0.1, -0.05) is 44.2 Å². The van der Waals surface area contributed by atoms with Gasteiger partial charge in [-0.05, 0) is 49.2 Å². The van der Waals surface area contributed by atoms with Crippen LogP contribution in [0, 0.1) is 0 Å². The molecule has 0 saturated carbocycles. The molecule has 0 amide bonds. The molecule has 5 rings (SSSR count). The quantitative estimate of drug-likeness (QED) is 0.205. The van der Waals surface area contributed by atoms with E-state index in [9.17, 15) is 0 Å². The van der Waals surface area contributed by atoms with Crippen LogP contribution >= 0.6 is 0 Å². The summed E-state index contributed by atoms with van der Waals surface area (Å²) >= 11 is 0. The van der Waals surface area contributed by atoms with Crippen molar-refractivity contribution in [3.05, 3.63) is 66.7 Å². The van der Waals surface area contributed by atoms with Gasteiger partial charge < -0.3 is 18.6 Å². The minimum atomic E-state index is 0.633. The molecule has 0 spiro atoms. The maximum atomic E-state index is 5.80. The van der Waals surface area contributed by atoms with E-state index in [1.165, 1.54) is 0 Å². The molecular formula is C29H33N5O2. The molecule has 5 aromatic rings. The average molecular weight is 484 g/mol. The van der Waals surface area contributed by atoms with Crippen LogP contribution in [0.5, 0.6) is 0 Å². The van der Waals surface area contributed by atoms with Crippen LogP contribution in [-0.4, -0.2) is 50.5 Å². The molecule has 0 aliphatic carbocycles. The van der Waals surface area contributed by atoms with Crippen molar-refractivity contribution in [1.29, 1.82) is 0 Å². The van der Waals surface area contributed by atoms with E-state index in [0.29, 0.717) is 13.2 Å². The molecule has 3 aromatic heterocycles. The maximum Gasteiger partial charge on any atom is 0.159 e. The Kier molecular flexibility index (Phi) is 7.69. The zero-order chi connectivity index (χ0) is 24.7. The number of ether oxygens (including phenoxy) is 2. The van der Waals surface area contributed by atoms with Gasteiger partial charge in [0.05, 0.1) is 35.3 Å². The number of aromatic nitrogens is 5. The lowest BCUT2D eigenvalue weighted by atomic mass is 10.2. The van der Waals surface area contributed by atoms with Crippen molar-refractivity contribution in [3.63, 3.8) is 0 Å². The summed E-state index contributed by atoms with van der Waals surface area (Å²) in [5.41, 5.74) is 5.71. The average Bonchev–Trinajstić information content (AvgIpc) is 3.48. The van der Waals surface area contributed by atoms with E-state index in [1.54, 1.807) is 0 Å². The highest BCUT2D eigenvalue weighted by atomic mass is 16.5. The van der Waals surface area contributed by atoms with Crippen LogP contribution in [0.4, 0.5) is 0 Å². The standard InChI is InChI=1S/C29H33N5O2/c1-3-18-35-20-16-33-26-14-7-5-10-22(26)31-28(33)24-12-9-13-25(30-24)29-32-23-11-6-8-15-27(23)34(29)17-21-36-19-4-2/h5-15H,3-4,16-21H2,1-2H3. The fraction of sp³-hybridized carbons (Fsp3) is 0.345. The molecule has 0 aliphatic rings. The number of benzene rings is 2. The van der Waals surface area contributed by atoms with Crippen LogP contribution in [0.15, 0.2) is 66.7 Å². The number of para-hydroxylation sites is 4. The van der Waals surface area contributed by atoms with E-state index in [2.05, 4.69) is 35.1 Å². The zero-order valence-electron chi connectivity index (χ0n) is 21.1. The Labute approximate surface area is 211 Å². The Morgan fingerprint density at radius 1 is 0.556 bits per heavy atom. The minimum absolute atomic E-state index is 0.633. The van der Waals surface area contributed by atoms with Gasteiger partial charge in [0.15, 0.2) is 11.6 Å². The molecule has 7 heteroatoms. The third kappa shape index (κ3) is 5.03. The molecule has 0 bridgehead atoms. The second kappa shape index (κ2) is 11.5. The lowest BCUT2D eigenvalue weighted by Gasteiger charge is -2.12. The lowest BCUT2D eigenvalue weighted by molar-refractivity contribution is 0.128. The fourth-order valence-corrected chi connectivity index (χ4v) is 4.48. The monoisotopic (exact) mass is 483 g/mol. The van der Waals surface area contributed by atoms with Crippen molar-refractivity contribution in [2.75, 3.05) is 26.4 Å². The molecule has 2 aromatic carbocycles. The van der Waals surface area contributed by atoms with E-state index in [0.717, 1.165) is 84.2 Å². The smallest absolute Gasteiger partial charge is 0.159 e. The van der Waals surface area contributed by atoms with Gasteiger partial charge in [0.1, 0.15) is 11.4 Å². The SMILES string of the molecule is CCCOCCn1c(-c2cccc(-c3nc4ccccc4n3CCOCCC)n2)nc2ccccc21. The highest BCUT2D eigenvalue weighted by Crippen LogP contribution is 2.28. The van der Waals surface area contributed by atoms with Gasteiger partial charge >= 0.3 is 0 Å². The summed E-state index contributed by atoms with van der Waals surface area (Å²) in [7, 11) is 0. The summed E-state index contributed by atoms with van der Waals surface area (Å²) in [5.74, 6) is 1.68. The molecule has 0 aliphatic heterocycles. The Hall–Kier alpha value is -3.55. The summed E-state index contributed by atoms with van der Waals surface area (Å²) < 4.78 is 16.0. The van der Waals surface area contributed by atoms with Gasteiger partial charge in [-0.25, -0.2) is 15.0 Å². The Bertz CT molecular complexity index is 1330. The first-order valence-corrected chi connectivity index (χ1v) is 12.8. The molecule has 186 valence electrons. The number of hydrogen-bond donors (Lipinski definition) is 0. The molecule has 0 radical (unpaired) electrons. The van der Waals surface area contributed by atoms with Gasteiger partial charge in [0.2, 0.25) is 0 Å². The number of imidazole rings is 2. The van der Waals surface area contributed by atoms with Crippen molar-refractivity contribution in [1.82, 2.24) is 24.1 Å². The Balaban J connectivity index is 1.54. The van der Waals surface area contributed by atoms with Crippen LogP contribution in [0.3, 0.4) is 0 Å². The zero-order valence-corrected chi connectivity index (χ0v) is 21.1. The molecule has 0 atom stereocenters. The molecule has 3 heterocycles. The van der Waals surface area contributed by atoms with Gasteiger partial charge in [-0.3, -0.25) is 0 Å². The molecular weight excluding hydrogens is 450 g/mol. The van der Waals surface area contributed by atoms with Gasteiger partial charge in [-0.15, -0.1) is 0 Å². The highest BCUT2D eigenvalue weighted by Gasteiger charge is 2.17. The van der Waals surface area contributed by atoms with E-state index in [-0.39, 0.29) is 0 Å². The predicted molar refractivity (Wildman–Crippen MR) is 144 cm³/mol. The van der Waals surface area contributed by atoms with Crippen molar-refractivity contribution in [2.45, 2.75) is 39.8 Å². The van der Waals surface area contributed by atoms with Gasteiger partial charge in [0, 0.05) is 26.3 Å². The first-order valence-electron chi connectivity index (χ1n) is 12.8. The van der Waals surface area contributed by atoms with Crippen LogP contribution in [0.2, 0.25) is 0 Å². The van der Waals surface area contributed by atoms with Crippen molar-refractivity contribution < 1.29 is 9.47 Å². The van der Waals surface area contributed by atoms with Crippen molar-refractivity contribution in [3.8, 4) is 23.0 Å². The normalized spacial score (nSPS) is 11.6. The molecule has 0 unspecified atom stereocenters. The number of pyridine rings is 1. The number of fused-ring (bicyclic) bond motifs is 2. The molecule has 0 saturated heterocycles. The molecule has 0 N–H and O–H groups in total. The van der Waals surface area contributed by atoms with Crippen LogP contribution < -0.4 is 0 Å². The van der Waals surface area contributed by atoms with E-state index in [4.69, 9.17) is 24.4 Å². The van der Waals surface area contributed by atoms with Crippen molar-refractivity contribution in [2.24, 2.45) is 0 Å². The van der Waals surface area contributed by atoms with E-state index >= 15 is 0 Å². The molecule has 0 fully saturated rings. The summed E-state index contributed by atoms with van der Waals surface area (Å²) in [6.45, 7) is 8.46. The summed E-state index contributed by atoms with van der Waals surface area (Å²) in [4.78, 5) is 15.0. The van der Waals surface area contributed by atoms with E-state index in [1.807, 2.05) is 54.6 Å². The molecule has 7 nitrogen and oxygen atoms in total. The first-order chi connectivity index (χ1) is 17.8. The summed E-state index contributed by atoms with van der Waals surface area (Å²) in [6.07, 6.45) is 2.01. The predicted octanol–water partition coefficient (Wildman–Crippen LogP) is 5.97. The van der Waals surface area contributed by atoms with E-state index < -0.39 is 0 Å². The first kappa shape index (κ1) is 24.2. The Morgan fingerprint density at radius 2 is 1.03 bits per heavy atom. The van der Waals surface area contributed by atoms with Crippen LogP contribution in [0.25, 0.3) is 45.1 Å². The highest BCUT2D eigenvalue weighted by molar-refractivity contribution is 5.82. The lowest BCUT2D eigenvalue weighted by Crippen LogP contribution is -2.10. The number of nitrogens with zero attached hydrogens (tertiary/aromatic N) is 5. The topological polar surface area (TPSA) is 67.0 Å². The largest absolute Gasteiger partial charge is 0.380 e. The van der Waals surface area contributed by atoms with Crippen molar-refractivity contribution >= 4 is 22.1 Å². The third-order valence-electron chi connectivity index (χ3n) is 6.13. The third-order valence-corrected chi connectivity index (χ3v) is 6.13. The second-order valence-corrected chi connectivity index (χ2v) is 8.78. The fourth-order valence-electron chi connectivity index (χ4n) is 4.48. The van der Waals surface area contributed by atoms with Gasteiger partial charge in [0.25, 0.3) is 0 Å². The minimum Gasteiger partial charge on any atom is -0.380 e.